The molecular formula is C22H23NO5S. The van der Waals surface area contributed by atoms with Crippen LogP contribution in [-0.4, -0.2) is 31.5 Å². The minimum absolute atomic E-state index is 0.325. The van der Waals surface area contributed by atoms with Crippen molar-refractivity contribution >= 4 is 29.0 Å². The summed E-state index contributed by atoms with van der Waals surface area (Å²) >= 11 is 0.868. The van der Waals surface area contributed by atoms with Gasteiger partial charge in [0, 0.05) is 12.0 Å². The van der Waals surface area contributed by atoms with Gasteiger partial charge < -0.3 is 14.2 Å². The molecule has 0 saturated carbocycles. The van der Waals surface area contributed by atoms with Crippen LogP contribution >= 0.6 is 11.8 Å². The Morgan fingerprint density at radius 3 is 2.41 bits per heavy atom. The van der Waals surface area contributed by atoms with E-state index in [0.717, 1.165) is 28.6 Å². The highest BCUT2D eigenvalue weighted by Gasteiger charge is 2.25. The molecular weight excluding hydrogens is 390 g/mol. The van der Waals surface area contributed by atoms with Crippen LogP contribution in [-0.2, 0) is 4.79 Å². The zero-order chi connectivity index (χ0) is 20.8. The highest BCUT2D eigenvalue weighted by atomic mass is 32.2. The topological polar surface area (TPSA) is 73.9 Å². The molecule has 0 spiro atoms. The summed E-state index contributed by atoms with van der Waals surface area (Å²) in [4.78, 5) is 23.5. The fourth-order valence-corrected chi connectivity index (χ4v) is 3.64. The Bertz CT molecular complexity index is 934. The Morgan fingerprint density at radius 2 is 1.76 bits per heavy atom. The van der Waals surface area contributed by atoms with Crippen LogP contribution in [0.5, 0.6) is 17.2 Å². The molecule has 2 aromatic carbocycles. The second-order valence-electron chi connectivity index (χ2n) is 6.60. The van der Waals surface area contributed by atoms with E-state index in [0.29, 0.717) is 41.6 Å². The number of carbonyl (C=O) groups is 2. The molecule has 0 aliphatic carbocycles. The first-order valence-electron chi connectivity index (χ1n) is 9.22. The number of hydrogen-bond acceptors (Lipinski definition) is 6. The molecule has 0 radical (unpaired) electrons. The van der Waals surface area contributed by atoms with Crippen LogP contribution < -0.4 is 19.5 Å². The van der Waals surface area contributed by atoms with Gasteiger partial charge in [0.25, 0.3) is 11.1 Å². The van der Waals surface area contributed by atoms with Crippen LogP contribution in [0.1, 0.15) is 23.1 Å². The third-order valence-electron chi connectivity index (χ3n) is 4.16. The van der Waals surface area contributed by atoms with Gasteiger partial charge in [-0.15, -0.1) is 0 Å². The number of benzene rings is 2. The summed E-state index contributed by atoms with van der Waals surface area (Å²) in [6, 6.07) is 11.5. The van der Waals surface area contributed by atoms with E-state index in [1.807, 2.05) is 32.0 Å². The highest BCUT2D eigenvalue weighted by molar-refractivity contribution is 8.18. The van der Waals surface area contributed by atoms with Crippen molar-refractivity contribution in [3.8, 4) is 17.2 Å². The van der Waals surface area contributed by atoms with E-state index in [2.05, 4.69) is 11.4 Å². The minimum Gasteiger partial charge on any atom is -0.493 e. The Kier molecular flexibility index (Phi) is 6.82. The molecule has 6 nitrogen and oxygen atoms in total. The van der Waals surface area contributed by atoms with Crippen LogP contribution in [0.4, 0.5) is 4.79 Å². The van der Waals surface area contributed by atoms with Gasteiger partial charge in [0.15, 0.2) is 11.5 Å². The lowest BCUT2D eigenvalue weighted by molar-refractivity contribution is -0.115. The van der Waals surface area contributed by atoms with Gasteiger partial charge in [-0.05, 0) is 61.0 Å². The van der Waals surface area contributed by atoms with Crippen LogP contribution in [0.15, 0.2) is 41.3 Å². The molecule has 29 heavy (non-hydrogen) atoms. The summed E-state index contributed by atoms with van der Waals surface area (Å²) in [6.07, 6.45) is 2.31. The Labute approximate surface area is 174 Å². The second kappa shape index (κ2) is 9.52. The van der Waals surface area contributed by atoms with Gasteiger partial charge in [0.1, 0.15) is 5.75 Å². The molecule has 0 aromatic heterocycles. The number of hydrogen-bond donors (Lipinski definition) is 1. The first-order chi connectivity index (χ1) is 14.0. The van der Waals surface area contributed by atoms with Gasteiger partial charge in [-0.2, -0.15) is 0 Å². The van der Waals surface area contributed by atoms with Crippen molar-refractivity contribution in [3.63, 3.8) is 0 Å². The number of para-hydroxylation sites is 1. The highest BCUT2D eigenvalue weighted by Crippen LogP contribution is 2.35. The molecule has 1 heterocycles. The Balaban J connectivity index is 1.63. The lowest BCUT2D eigenvalue weighted by Gasteiger charge is -2.14. The lowest BCUT2D eigenvalue weighted by Crippen LogP contribution is -2.17. The number of amides is 2. The number of thioether (sulfide) groups is 1. The maximum absolute atomic E-state index is 11.8. The first kappa shape index (κ1) is 20.8. The van der Waals surface area contributed by atoms with E-state index < -0.39 is 5.91 Å². The van der Waals surface area contributed by atoms with E-state index >= 15 is 0 Å². The molecule has 1 fully saturated rings. The van der Waals surface area contributed by atoms with Crippen molar-refractivity contribution in [1.82, 2.24) is 5.32 Å². The third kappa shape index (κ3) is 5.54. The SMILES string of the molecule is COc1cccc(/C=C2\SC(=O)NC2=O)c1OCCCOc1cc(C)cc(C)c1. The van der Waals surface area contributed by atoms with E-state index in [-0.39, 0.29) is 5.24 Å². The standard InChI is InChI=1S/C22H23NO5S/c1-14-10-15(2)12-17(11-14)27-8-5-9-28-20-16(6-4-7-18(20)26-3)13-19-21(24)23-22(25)29-19/h4,6-7,10-13H,5,8-9H2,1-3H3,(H,23,24,25)/b19-13-. The fraction of sp³-hybridized carbons (Fsp3) is 0.273. The number of nitrogens with one attached hydrogen (secondary N) is 1. The number of carbonyl (C=O) groups excluding carboxylic acids is 2. The zero-order valence-electron chi connectivity index (χ0n) is 16.6. The molecule has 0 unspecified atom stereocenters. The van der Waals surface area contributed by atoms with E-state index in [4.69, 9.17) is 14.2 Å². The van der Waals surface area contributed by atoms with Crippen molar-refractivity contribution in [1.29, 1.82) is 0 Å². The van der Waals surface area contributed by atoms with Crippen molar-refractivity contribution in [3.05, 3.63) is 58.0 Å². The second-order valence-corrected chi connectivity index (χ2v) is 7.62. The van der Waals surface area contributed by atoms with Gasteiger partial charge in [0.05, 0.1) is 25.2 Å². The number of ether oxygens (including phenoxy) is 3. The molecule has 0 bridgehead atoms. The molecule has 1 aliphatic heterocycles. The van der Waals surface area contributed by atoms with Crippen molar-refractivity contribution in [2.75, 3.05) is 20.3 Å². The monoisotopic (exact) mass is 413 g/mol. The van der Waals surface area contributed by atoms with Gasteiger partial charge in [-0.3, -0.25) is 14.9 Å². The molecule has 152 valence electrons. The number of methoxy groups -OCH3 is 1. The normalized spacial score (nSPS) is 14.8. The van der Waals surface area contributed by atoms with Crippen LogP contribution in [0.3, 0.4) is 0 Å². The van der Waals surface area contributed by atoms with Gasteiger partial charge in [0.2, 0.25) is 0 Å². The number of rotatable bonds is 8. The predicted molar refractivity (Wildman–Crippen MR) is 114 cm³/mol. The summed E-state index contributed by atoms with van der Waals surface area (Å²) in [5.41, 5.74) is 3.00. The summed E-state index contributed by atoms with van der Waals surface area (Å²) in [6.45, 7) is 5.01. The molecule has 1 aliphatic rings. The zero-order valence-corrected chi connectivity index (χ0v) is 17.4. The molecule has 1 N–H and O–H groups in total. The van der Waals surface area contributed by atoms with Crippen molar-refractivity contribution in [2.24, 2.45) is 0 Å². The molecule has 1 saturated heterocycles. The van der Waals surface area contributed by atoms with E-state index in [9.17, 15) is 9.59 Å². The van der Waals surface area contributed by atoms with E-state index in [1.165, 1.54) is 0 Å². The summed E-state index contributed by atoms with van der Waals surface area (Å²) in [5, 5.41) is 1.87. The molecule has 2 aromatic rings. The summed E-state index contributed by atoms with van der Waals surface area (Å²) < 4.78 is 17.1. The van der Waals surface area contributed by atoms with Gasteiger partial charge >= 0.3 is 0 Å². The van der Waals surface area contributed by atoms with Gasteiger partial charge in [-0.1, -0.05) is 18.2 Å². The Morgan fingerprint density at radius 1 is 1.03 bits per heavy atom. The lowest BCUT2D eigenvalue weighted by atomic mass is 10.1. The quantitative estimate of drug-likeness (QED) is 0.508. The fourth-order valence-electron chi connectivity index (χ4n) is 2.96. The molecule has 3 rings (SSSR count). The van der Waals surface area contributed by atoms with Crippen LogP contribution in [0.25, 0.3) is 6.08 Å². The first-order valence-corrected chi connectivity index (χ1v) is 10.0. The van der Waals surface area contributed by atoms with Gasteiger partial charge in [-0.25, -0.2) is 0 Å². The summed E-state index contributed by atoms with van der Waals surface area (Å²) in [7, 11) is 1.56. The average Bonchev–Trinajstić information content (AvgIpc) is 2.98. The molecule has 7 heteroatoms. The summed E-state index contributed by atoms with van der Waals surface area (Å²) in [5.74, 6) is 1.53. The predicted octanol–water partition coefficient (Wildman–Crippen LogP) is 4.48. The number of imide groups is 1. The smallest absolute Gasteiger partial charge is 0.290 e. The maximum Gasteiger partial charge on any atom is 0.290 e. The van der Waals surface area contributed by atoms with Crippen molar-refractivity contribution in [2.45, 2.75) is 20.3 Å². The maximum atomic E-state index is 11.8. The van der Waals surface area contributed by atoms with Crippen LogP contribution in [0, 0.1) is 13.8 Å². The largest absolute Gasteiger partial charge is 0.493 e. The average molecular weight is 413 g/mol. The minimum atomic E-state index is -0.407. The molecule has 2 amide bonds. The van der Waals surface area contributed by atoms with Crippen LogP contribution in [0.2, 0.25) is 0 Å². The van der Waals surface area contributed by atoms with E-state index in [1.54, 1.807) is 25.3 Å². The number of aryl methyl sites for hydroxylation is 2. The molecule has 0 atom stereocenters. The third-order valence-corrected chi connectivity index (χ3v) is 4.97. The van der Waals surface area contributed by atoms with Crippen molar-refractivity contribution < 1.29 is 23.8 Å². The Hall–Kier alpha value is -2.93.